The van der Waals surface area contributed by atoms with Gasteiger partial charge in [-0.25, -0.2) is 19.7 Å². The van der Waals surface area contributed by atoms with Gasteiger partial charge in [0.05, 0.1) is 37.8 Å². The number of imidazole rings is 1. The molecule has 1 saturated heterocycles. The highest BCUT2D eigenvalue weighted by atomic mass is 16.5. The number of methoxy groups -OCH3 is 1. The van der Waals surface area contributed by atoms with Crippen LogP contribution in [0.2, 0.25) is 0 Å². The lowest BCUT2D eigenvalue weighted by molar-refractivity contribution is 0.0520. The van der Waals surface area contributed by atoms with E-state index in [0.717, 1.165) is 31.9 Å². The molecule has 5 rings (SSSR count). The largest absolute Gasteiger partial charge is 0.461 e. The number of esters is 1. The molecule has 204 valence electrons. The van der Waals surface area contributed by atoms with Crippen molar-refractivity contribution in [1.82, 2.24) is 34.8 Å². The maximum absolute atomic E-state index is 13.5. The van der Waals surface area contributed by atoms with Crippen molar-refractivity contribution in [3.05, 3.63) is 64.2 Å². The molecule has 4 aromatic rings. The van der Waals surface area contributed by atoms with Crippen LogP contribution in [-0.4, -0.2) is 82.0 Å². The van der Waals surface area contributed by atoms with Crippen molar-refractivity contribution in [1.29, 1.82) is 0 Å². The minimum absolute atomic E-state index is 0.199. The Morgan fingerprint density at radius 1 is 1.13 bits per heavy atom. The molecule has 0 aromatic carbocycles. The lowest BCUT2D eigenvalue weighted by Crippen LogP contribution is -2.43. The molecule has 0 atom stereocenters. The lowest BCUT2D eigenvalue weighted by atomic mass is 10.1. The van der Waals surface area contributed by atoms with Gasteiger partial charge in [-0.05, 0) is 25.1 Å². The van der Waals surface area contributed by atoms with Gasteiger partial charge in [0.2, 0.25) is 5.95 Å². The maximum Gasteiger partial charge on any atom is 0.356 e. The van der Waals surface area contributed by atoms with Gasteiger partial charge in [-0.1, -0.05) is 0 Å². The number of nitrogens with zero attached hydrogens (tertiary/aromatic N) is 6. The molecule has 0 saturated carbocycles. The molecule has 5 heterocycles. The summed E-state index contributed by atoms with van der Waals surface area (Å²) in [6, 6.07) is 5.66. The molecule has 13 nitrogen and oxygen atoms in total. The number of nitrogens with one attached hydrogen (secondary N) is 3. The molecule has 39 heavy (non-hydrogen) atoms. The number of hydrogen-bond donors (Lipinski definition) is 3. The molecular weight excluding hydrogens is 502 g/mol. The fraction of sp³-hybridized carbons (Fsp3) is 0.385. The summed E-state index contributed by atoms with van der Waals surface area (Å²) < 4.78 is 11.8. The summed E-state index contributed by atoms with van der Waals surface area (Å²) in [6.45, 7) is 6.41. The molecule has 0 aliphatic carbocycles. The predicted octanol–water partition coefficient (Wildman–Crippen LogP) is 1.48. The topological polar surface area (TPSA) is 152 Å². The predicted molar refractivity (Wildman–Crippen MR) is 146 cm³/mol. The van der Waals surface area contributed by atoms with Gasteiger partial charge in [-0.15, -0.1) is 0 Å². The number of carbonyl (C=O) groups excluding carboxylic acids is 1. The van der Waals surface area contributed by atoms with Crippen LogP contribution < -0.4 is 21.1 Å². The van der Waals surface area contributed by atoms with Crippen LogP contribution in [0.1, 0.15) is 28.8 Å². The summed E-state index contributed by atoms with van der Waals surface area (Å²) >= 11 is 0. The summed E-state index contributed by atoms with van der Waals surface area (Å²) in [5.41, 5.74) is 2.03. The fourth-order valence-electron chi connectivity index (χ4n) is 4.43. The summed E-state index contributed by atoms with van der Waals surface area (Å²) in [4.78, 5) is 48.5. The molecule has 1 aliphatic heterocycles. The molecule has 1 fully saturated rings. The number of carbonyl (C=O) groups is 1. The zero-order valence-electron chi connectivity index (χ0n) is 21.9. The van der Waals surface area contributed by atoms with Crippen molar-refractivity contribution < 1.29 is 14.3 Å². The van der Waals surface area contributed by atoms with Gasteiger partial charge >= 0.3 is 5.97 Å². The van der Waals surface area contributed by atoms with Crippen molar-refractivity contribution in [2.75, 3.05) is 56.7 Å². The molecule has 0 unspecified atom stereocenters. The second kappa shape index (κ2) is 12.0. The van der Waals surface area contributed by atoms with E-state index >= 15 is 0 Å². The summed E-state index contributed by atoms with van der Waals surface area (Å²) in [7, 11) is 1.58. The molecule has 0 bridgehead atoms. The molecule has 0 radical (unpaired) electrons. The monoisotopic (exact) mass is 533 g/mol. The first kappa shape index (κ1) is 26.3. The Balaban J connectivity index is 1.40. The molecule has 0 amide bonds. The van der Waals surface area contributed by atoms with Crippen LogP contribution in [-0.2, 0) is 22.4 Å². The van der Waals surface area contributed by atoms with Crippen LogP contribution in [0.4, 0.5) is 17.5 Å². The van der Waals surface area contributed by atoms with E-state index < -0.39 is 5.97 Å². The molecule has 0 spiro atoms. The minimum Gasteiger partial charge on any atom is -0.461 e. The normalized spacial score (nSPS) is 13.5. The second-order valence-corrected chi connectivity index (χ2v) is 9.00. The number of H-pyrrole nitrogens is 1. The highest BCUT2D eigenvalue weighted by Gasteiger charge is 2.16. The lowest BCUT2D eigenvalue weighted by Gasteiger charge is -2.29. The van der Waals surface area contributed by atoms with Crippen LogP contribution in [0.3, 0.4) is 0 Å². The number of rotatable bonds is 10. The Labute approximate surface area is 224 Å². The zero-order chi connectivity index (χ0) is 27.2. The Kier molecular flexibility index (Phi) is 8.08. The molecular formula is C26H31N9O4. The third-order valence-electron chi connectivity index (χ3n) is 6.37. The van der Waals surface area contributed by atoms with Crippen LogP contribution in [0.5, 0.6) is 0 Å². The van der Waals surface area contributed by atoms with Gasteiger partial charge in [0, 0.05) is 56.9 Å². The van der Waals surface area contributed by atoms with E-state index in [-0.39, 0.29) is 24.3 Å². The van der Waals surface area contributed by atoms with Gasteiger partial charge in [-0.2, -0.15) is 4.98 Å². The van der Waals surface area contributed by atoms with Gasteiger partial charge in [0.1, 0.15) is 23.0 Å². The number of piperazine rings is 1. The number of ether oxygens (including phenoxy) is 2. The number of anilines is 3. The highest BCUT2D eigenvalue weighted by molar-refractivity contribution is 5.87. The average molecular weight is 534 g/mol. The van der Waals surface area contributed by atoms with E-state index in [4.69, 9.17) is 9.47 Å². The van der Waals surface area contributed by atoms with Crippen molar-refractivity contribution in [2.24, 2.45) is 0 Å². The van der Waals surface area contributed by atoms with E-state index in [9.17, 15) is 9.59 Å². The number of fused-ring (bicyclic) bond motifs is 1. The molecule has 1 aliphatic rings. The van der Waals surface area contributed by atoms with E-state index in [1.807, 2.05) is 18.3 Å². The van der Waals surface area contributed by atoms with Crippen LogP contribution in [0, 0.1) is 0 Å². The van der Waals surface area contributed by atoms with Crippen molar-refractivity contribution in [3.63, 3.8) is 0 Å². The first-order chi connectivity index (χ1) is 19.1. The third-order valence-corrected chi connectivity index (χ3v) is 6.37. The fourth-order valence-corrected chi connectivity index (χ4v) is 4.43. The SMILES string of the molecule is CCOC(=O)c1cnc(Cc2cc3cnc(Nc4ccc(N5CCNCC5)cn4)nc3n(CCOC)c2=O)[nH]1. The quantitative estimate of drug-likeness (QED) is 0.254. The molecule has 4 aromatic heterocycles. The van der Waals surface area contributed by atoms with Crippen molar-refractivity contribution in [2.45, 2.75) is 19.9 Å². The first-order valence-electron chi connectivity index (χ1n) is 12.8. The van der Waals surface area contributed by atoms with Gasteiger partial charge in [0.15, 0.2) is 0 Å². The van der Waals surface area contributed by atoms with Gasteiger partial charge in [0.25, 0.3) is 5.56 Å². The zero-order valence-corrected chi connectivity index (χ0v) is 21.9. The van der Waals surface area contributed by atoms with Crippen LogP contribution in [0.25, 0.3) is 11.0 Å². The van der Waals surface area contributed by atoms with Gasteiger partial charge < -0.3 is 30.0 Å². The number of aromatic amines is 1. The molecule has 13 heteroatoms. The van der Waals surface area contributed by atoms with Crippen LogP contribution >= 0.6 is 0 Å². The standard InChI is InChI=1S/C26H31N9O4/c1-3-39-25(37)20-16-29-22(31-20)13-17-12-18-14-30-26(33-23(18)35(24(17)36)10-11-38-2)32-21-5-4-19(15-28-21)34-8-6-27-7-9-34/h4-5,12,14-16,27H,3,6-11,13H2,1-2H3,(H,29,31)(H,28,30,32,33). The van der Waals surface area contributed by atoms with Crippen LogP contribution in [0.15, 0.2) is 41.6 Å². The maximum atomic E-state index is 13.5. The van der Waals surface area contributed by atoms with E-state index in [1.165, 1.54) is 6.20 Å². The first-order valence-corrected chi connectivity index (χ1v) is 12.8. The minimum atomic E-state index is -0.492. The van der Waals surface area contributed by atoms with Crippen molar-refractivity contribution >= 4 is 34.5 Å². The highest BCUT2D eigenvalue weighted by Crippen LogP contribution is 2.19. The van der Waals surface area contributed by atoms with E-state index in [2.05, 4.69) is 40.5 Å². The average Bonchev–Trinajstić information content (AvgIpc) is 3.43. The number of pyridine rings is 2. The Morgan fingerprint density at radius 2 is 1.97 bits per heavy atom. The smallest absolute Gasteiger partial charge is 0.356 e. The Morgan fingerprint density at radius 3 is 2.72 bits per heavy atom. The van der Waals surface area contributed by atoms with E-state index in [0.29, 0.717) is 47.3 Å². The Hall–Kier alpha value is -4.36. The third kappa shape index (κ3) is 6.04. The summed E-state index contributed by atoms with van der Waals surface area (Å²) in [5, 5.41) is 7.17. The number of aromatic nitrogens is 6. The molecule has 3 N–H and O–H groups in total. The van der Waals surface area contributed by atoms with Gasteiger partial charge in [-0.3, -0.25) is 9.36 Å². The summed E-state index contributed by atoms with van der Waals surface area (Å²) in [5.74, 6) is 0.912. The van der Waals surface area contributed by atoms with E-state index in [1.54, 1.807) is 30.9 Å². The Bertz CT molecular complexity index is 1490. The van der Waals surface area contributed by atoms with Crippen molar-refractivity contribution in [3.8, 4) is 0 Å². The number of hydrogen-bond acceptors (Lipinski definition) is 11. The second-order valence-electron chi connectivity index (χ2n) is 9.00. The summed E-state index contributed by atoms with van der Waals surface area (Å²) in [6.07, 6.45) is 5.10.